The van der Waals surface area contributed by atoms with Crippen LogP contribution in [0.2, 0.25) is 0 Å². The molecule has 0 aliphatic rings. The van der Waals surface area contributed by atoms with Crippen molar-refractivity contribution in [3.63, 3.8) is 0 Å². The molecule has 4 aromatic rings. The quantitative estimate of drug-likeness (QED) is 0.463. The van der Waals surface area contributed by atoms with Gasteiger partial charge in [0.25, 0.3) is 0 Å². The second-order valence-corrected chi connectivity index (χ2v) is 7.28. The molecule has 0 fully saturated rings. The summed E-state index contributed by atoms with van der Waals surface area (Å²) in [7, 11) is 0. The van der Waals surface area contributed by atoms with Gasteiger partial charge in [-0.2, -0.15) is 0 Å². The normalized spacial score (nSPS) is 11.1. The number of nitrogens with zero attached hydrogens (tertiary/aromatic N) is 2. The monoisotopic (exact) mass is 415 g/mol. The zero-order valence-corrected chi connectivity index (χ0v) is 15.7. The van der Waals surface area contributed by atoms with Gasteiger partial charge in [0, 0.05) is 10.2 Å². The van der Waals surface area contributed by atoms with E-state index in [-0.39, 0.29) is 0 Å². The average molecular weight is 416 g/mol. The highest BCUT2D eigenvalue weighted by Gasteiger charge is 2.23. The largest absolute Gasteiger partial charge is 0.461 e. The lowest BCUT2D eigenvalue weighted by Crippen LogP contribution is -2.10. The van der Waals surface area contributed by atoms with E-state index in [1.165, 1.54) is 0 Å². The van der Waals surface area contributed by atoms with Crippen LogP contribution in [-0.2, 0) is 4.74 Å². The van der Waals surface area contributed by atoms with Gasteiger partial charge in [0.05, 0.1) is 16.8 Å². The van der Waals surface area contributed by atoms with Crippen LogP contribution in [0.4, 0.5) is 11.5 Å². The standard InChI is InChI=1S/C18H14BrN3O2S/c1-2-24-17(23)15-16(20-12-7-5-6-11(19)10-12)21-18-22(15)13-8-3-4-9-14(13)25-18/h3-10,20H,2H2,1H3. The molecule has 0 radical (unpaired) electrons. The van der Waals surface area contributed by atoms with Gasteiger partial charge in [-0.3, -0.25) is 4.40 Å². The van der Waals surface area contributed by atoms with Crippen molar-refractivity contribution in [2.75, 3.05) is 11.9 Å². The highest BCUT2D eigenvalue weighted by Crippen LogP contribution is 2.32. The number of benzene rings is 2. The Balaban J connectivity index is 1.91. The first-order valence-electron chi connectivity index (χ1n) is 7.77. The van der Waals surface area contributed by atoms with Crippen molar-refractivity contribution in [1.29, 1.82) is 0 Å². The van der Waals surface area contributed by atoms with Crippen molar-refractivity contribution in [1.82, 2.24) is 9.38 Å². The molecule has 0 bridgehead atoms. The maximum absolute atomic E-state index is 12.6. The van der Waals surface area contributed by atoms with Crippen LogP contribution in [0, 0.1) is 0 Å². The molecule has 5 nitrogen and oxygen atoms in total. The number of thiazole rings is 1. The number of esters is 1. The van der Waals surface area contributed by atoms with Crippen LogP contribution in [0.3, 0.4) is 0 Å². The van der Waals surface area contributed by atoms with E-state index in [9.17, 15) is 4.79 Å². The lowest BCUT2D eigenvalue weighted by Gasteiger charge is -2.07. The van der Waals surface area contributed by atoms with Crippen LogP contribution in [0.15, 0.2) is 53.0 Å². The van der Waals surface area contributed by atoms with Crippen molar-refractivity contribution in [3.8, 4) is 0 Å². The molecule has 0 saturated heterocycles. The SMILES string of the molecule is CCOC(=O)c1c(Nc2cccc(Br)c2)nc2sc3ccccc3n12. The van der Waals surface area contributed by atoms with Crippen LogP contribution >= 0.6 is 27.3 Å². The molecule has 0 saturated carbocycles. The Hall–Kier alpha value is -2.38. The third-order valence-electron chi connectivity index (χ3n) is 3.71. The maximum Gasteiger partial charge on any atom is 0.359 e. The van der Waals surface area contributed by atoms with Crippen LogP contribution in [0.5, 0.6) is 0 Å². The number of anilines is 2. The van der Waals surface area contributed by atoms with Crippen LogP contribution < -0.4 is 5.32 Å². The van der Waals surface area contributed by atoms with Gasteiger partial charge >= 0.3 is 5.97 Å². The molecular weight excluding hydrogens is 402 g/mol. The van der Waals surface area contributed by atoms with Gasteiger partial charge in [0.15, 0.2) is 16.5 Å². The van der Waals surface area contributed by atoms with Crippen molar-refractivity contribution < 1.29 is 9.53 Å². The summed E-state index contributed by atoms with van der Waals surface area (Å²) in [5, 5.41) is 3.24. The maximum atomic E-state index is 12.6. The molecule has 2 aromatic carbocycles. The number of fused-ring (bicyclic) bond motifs is 3. The third kappa shape index (κ3) is 2.89. The smallest absolute Gasteiger partial charge is 0.359 e. The summed E-state index contributed by atoms with van der Waals surface area (Å²) in [5.74, 6) is 0.101. The first kappa shape index (κ1) is 16.1. The van der Waals surface area contributed by atoms with Gasteiger partial charge in [0.2, 0.25) is 0 Å². The summed E-state index contributed by atoms with van der Waals surface area (Å²) >= 11 is 4.99. The minimum atomic E-state index is -0.393. The van der Waals surface area contributed by atoms with Crippen molar-refractivity contribution in [2.45, 2.75) is 6.92 Å². The summed E-state index contributed by atoms with van der Waals surface area (Å²) in [6.07, 6.45) is 0. The topological polar surface area (TPSA) is 55.6 Å². The van der Waals surface area contributed by atoms with Crippen LogP contribution in [0.1, 0.15) is 17.4 Å². The highest BCUT2D eigenvalue weighted by molar-refractivity contribution is 9.10. The number of rotatable bonds is 4. The molecule has 126 valence electrons. The summed E-state index contributed by atoms with van der Waals surface area (Å²) in [6, 6.07) is 15.6. The van der Waals surface area contributed by atoms with E-state index < -0.39 is 5.97 Å². The Morgan fingerprint density at radius 2 is 2.12 bits per heavy atom. The number of carbonyl (C=O) groups is 1. The summed E-state index contributed by atoms with van der Waals surface area (Å²) in [6.45, 7) is 2.10. The molecule has 0 spiro atoms. The minimum Gasteiger partial charge on any atom is -0.461 e. The van der Waals surface area contributed by atoms with E-state index in [1.54, 1.807) is 18.3 Å². The van der Waals surface area contributed by atoms with E-state index in [0.717, 1.165) is 25.3 Å². The Bertz CT molecular complexity index is 1090. The Morgan fingerprint density at radius 3 is 2.92 bits per heavy atom. The molecule has 4 rings (SSSR count). The number of hydrogen-bond acceptors (Lipinski definition) is 5. The van der Waals surface area contributed by atoms with Gasteiger partial charge in [-0.25, -0.2) is 9.78 Å². The van der Waals surface area contributed by atoms with E-state index in [1.807, 2.05) is 52.9 Å². The predicted molar refractivity (Wildman–Crippen MR) is 104 cm³/mol. The van der Waals surface area contributed by atoms with E-state index in [4.69, 9.17) is 4.74 Å². The number of nitrogens with one attached hydrogen (secondary N) is 1. The first-order chi connectivity index (χ1) is 12.2. The first-order valence-corrected chi connectivity index (χ1v) is 9.38. The van der Waals surface area contributed by atoms with Crippen LogP contribution in [0.25, 0.3) is 15.2 Å². The molecule has 2 heterocycles. The van der Waals surface area contributed by atoms with Gasteiger partial charge in [-0.1, -0.05) is 45.5 Å². The van der Waals surface area contributed by atoms with E-state index in [0.29, 0.717) is 18.1 Å². The zero-order chi connectivity index (χ0) is 17.4. The molecule has 0 unspecified atom stereocenters. The molecule has 2 aromatic heterocycles. The average Bonchev–Trinajstić information content (AvgIpc) is 3.10. The van der Waals surface area contributed by atoms with Gasteiger partial charge < -0.3 is 10.1 Å². The fraction of sp³-hybridized carbons (Fsp3) is 0.111. The van der Waals surface area contributed by atoms with Gasteiger partial charge in [0.1, 0.15) is 0 Å². The fourth-order valence-electron chi connectivity index (χ4n) is 2.70. The Morgan fingerprint density at radius 1 is 1.28 bits per heavy atom. The van der Waals surface area contributed by atoms with Gasteiger partial charge in [-0.05, 0) is 37.3 Å². The summed E-state index contributed by atoms with van der Waals surface area (Å²) in [5.41, 5.74) is 2.20. The predicted octanol–water partition coefficient (Wildman–Crippen LogP) is 5.23. The molecule has 0 amide bonds. The zero-order valence-electron chi connectivity index (χ0n) is 13.3. The number of para-hydroxylation sites is 1. The Kier molecular flexibility index (Phi) is 4.19. The molecular formula is C18H14BrN3O2S. The van der Waals surface area contributed by atoms with Crippen molar-refractivity contribution in [2.24, 2.45) is 0 Å². The van der Waals surface area contributed by atoms with E-state index >= 15 is 0 Å². The van der Waals surface area contributed by atoms with Gasteiger partial charge in [-0.15, -0.1) is 0 Å². The number of carbonyl (C=O) groups excluding carboxylic acids is 1. The lowest BCUT2D eigenvalue weighted by molar-refractivity contribution is 0.0520. The van der Waals surface area contributed by atoms with Crippen molar-refractivity contribution >= 4 is 59.9 Å². The number of aromatic nitrogens is 2. The molecule has 1 N–H and O–H groups in total. The van der Waals surface area contributed by atoms with Crippen molar-refractivity contribution in [3.05, 3.63) is 58.7 Å². The number of halogens is 1. The Labute approximate surface area is 156 Å². The molecule has 0 aliphatic heterocycles. The highest BCUT2D eigenvalue weighted by atomic mass is 79.9. The lowest BCUT2D eigenvalue weighted by atomic mass is 10.3. The number of ether oxygens (including phenoxy) is 1. The number of imidazole rings is 1. The summed E-state index contributed by atoms with van der Waals surface area (Å²) < 4.78 is 9.15. The fourth-order valence-corrected chi connectivity index (χ4v) is 4.12. The van der Waals surface area contributed by atoms with Crippen LogP contribution in [-0.4, -0.2) is 22.0 Å². The van der Waals surface area contributed by atoms with E-state index in [2.05, 4.69) is 26.2 Å². The molecule has 0 atom stereocenters. The molecule has 0 aliphatic carbocycles. The second-order valence-electron chi connectivity index (χ2n) is 5.35. The minimum absolute atomic E-state index is 0.310. The third-order valence-corrected chi connectivity index (χ3v) is 5.23. The second kappa shape index (κ2) is 6.50. The molecule has 7 heteroatoms. The summed E-state index contributed by atoms with van der Waals surface area (Å²) in [4.78, 5) is 18.0. The number of hydrogen-bond donors (Lipinski definition) is 1. The molecule has 25 heavy (non-hydrogen) atoms.